The number of nitrogens with zero attached hydrogens (tertiary/aromatic N) is 4. The number of rotatable bonds is 3. The SMILES string of the molecule is C(=Nc1ccccc1-c1ccccc1)n1nnc2ccccc21. The van der Waals surface area contributed by atoms with Gasteiger partial charge in [-0.25, -0.2) is 9.67 Å². The van der Waals surface area contributed by atoms with Crippen LogP contribution in [0.5, 0.6) is 0 Å². The van der Waals surface area contributed by atoms with Crippen molar-refractivity contribution in [2.45, 2.75) is 0 Å². The molecule has 110 valence electrons. The molecule has 4 rings (SSSR count). The van der Waals surface area contributed by atoms with E-state index in [2.05, 4.69) is 33.5 Å². The molecule has 0 unspecified atom stereocenters. The van der Waals surface area contributed by atoms with Crippen LogP contribution < -0.4 is 0 Å². The van der Waals surface area contributed by atoms with Gasteiger partial charge in [-0.1, -0.05) is 65.9 Å². The predicted molar refractivity (Wildman–Crippen MR) is 93.0 cm³/mol. The van der Waals surface area contributed by atoms with Crippen molar-refractivity contribution in [2.24, 2.45) is 4.99 Å². The van der Waals surface area contributed by atoms with Crippen molar-refractivity contribution in [1.29, 1.82) is 0 Å². The highest BCUT2D eigenvalue weighted by Gasteiger charge is 2.04. The zero-order chi connectivity index (χ0) is 15.5. The summed E-state index contributed by atoms with van der Waals surface area (Å²) in [6, 6.07) is 26.1. The average molecular weight is 298 g/mol. The van der Waals surface area contributed by atoms with Gasteiger partial charge in [-0.3, -0.25) is 0 Å². The van der Waals surface area contributed by atoms with Crippen LogP contribution in [0.15, 0.2) is 83.9 Å². The third-order valence-corrected chi connectivity index (χ3v) is 3.67. The van der Waals surface area contributed by atoms with Gasteiger partial charge >= 0.3 is 0 Å². The zero-order valence-corrected chi connectivity index (χ0v) is 12.4. The number of para-hydroxylation sites is 2. The minimum absolute atomic E-state index is 0.857. The Morgan fingerprint density at radius 2 is 1.52 bits per heavy atom. The van der Waals surface area contributed by atoms with Crippen molar-refractivity contribution in [3.05, 3.63) is 78.9 Å². The zero-order valence-electron chi connectivity index (χ0n) is 12.4. The molecule has 0 aliphatic carbocycles. The largest absolute Gasteiger partial charge is 0.236 e. The van der Waals surface area contributed by atoms with Crippen molar-refractivity contribution < 1.29 is 0 Å². The van der Waals surface area contributed by atoms with Crippen LogP contribution in [-0.4, -0.2) is 21.3 Å². The van der Waals surface area contributed by atoms with Crippen molar-refractivity contribution >= 4 is 23.1 Å². The Morgan fingerprint density at radius 3 is 2.43 bits per heavy atom. The molecular formula is C19H14N4. The summed E-state index contributed by atoms with van der Waals surface area (Å²) in [5, 5.41) is 8.26. The first-order chi connectivity index (χ1) is 11.4. The molecule has 4 aromatic rings. The normalized spacial score (nSPS) is 11.3. The number of fused-ring (bicyclic) bond motifs is 1. The summed E-state index contributed by atoms with van der Waals surface area (Å²) in [5.41, 5.74) is 4.93. The lowest BCUT2D eigenvalue weighted by Crippen LogP contribution is -1.97. The highest BCUT2D eigenvalue weighted by molar-refractivity contribution is 5.84. The number of hydrogen-bond donors (Lipinski definition) is 0. The molecule has 0 N–H and O–H groups in total. The van der Waals surface area contributed by atoms with E-state index in [1.807, 2.05) is 60.7 Å². The Balaban J connectivity index is 1.75. The molecule has 4 nitrogen and oxygen atoms in total. The number of aromatic nitrogens is 3. The molecule has 0 bridgehead atoms. The summed E-state index contributed by atoms with van der Waals surface area (Å²) in [4.78, 5) is 4.61. The Labute approximate surface area is 133 Å². The molecule has 1 aromatic heterocycles. The van der Waals surface area contributed by atoms with E-state index in [0.29, 0.717) is 0 Å². The van der Waals surface area contributed by atoms with Gasteiger partial charge in [0.15, 0.2) is 0 Å². The topological polar surface area (TPSA) is 43.1 Å². The molecule has 3 aromatic carbocycles. The Kier molecular flexibility index (Phi) is 3.41. The maximum atomic E-state index is 4.61. The van der Waals surface area contributed by atoms with Gasteiger partial charge in [-0.2, -0.15) is 0 Å². The third-order valence-electron chi connectivity index (χ3n) is 3.67. The van der Waals surface area contributed by atoms with Crippen molar-refractivity contribution in [3.8, 4) is 11.1 Å². The van der Waals surface area contributed by atoms with Crippen LogP contribution in [0.2, 0.25) is 0 Å². The lowest BCUT2D eigenvalue weighted by Gasteiger charge is -2.05. The molecule has 0 radical (unpaired) electrons. The van der Waals surface area contributed by atoms with E-state index >= 15 is 0 Å². The minimum atomic E-state index is 0.857. The highest BCUT2D eigenvalue weighted by Crippen LogP contribution is 2.29. The van der Waals surface area contributed by atoms with Gasteiger partial charge in [0, 0.05) is 5.56 Å². The first kappa shape index (κ1) is 13.4. The van der Waals surface area contributed by atoms with Crippen LogP contribution in [0.1, 0.15) is 0 Å². The number of benzene rings is 3. The van der Waals surface area contributed by atoms with E-state index in [9.17, 15) is 0 Å². The fourth-order valence-corrected chi connectivity index (χ4v) is 2.54. The Morgan fingerprint density at radius 1 is 0.783 bits per heavy atom. The second-order valence-electron chi connectivity index (χ2n) is 5.15. The van der Waals surface area contributed by atoms with E-state index < -0.39 is 0 Å². The monoisotopic (exact) mass is 298 g/mol. The van der Waals surface area contributed by atoms with E-state index in [1.165, 1.54) is 0 Å². The molecule has 0 aliphatic heterocycles. The Bertz CT molecular complexity index is 971. The maximum Gasteiger partial charge on any atom is 0.120 e. The summed E-state index contributed by atoms with van der Waals surface area (Å²) in [6.07, 6.45) is 1.71. The maximum absolute atomic E-state index is 4.61. The summed E-state index contributed by atoms with van der Waals surface area (Å²) >= 11 is 0. The van der Waals surface area contributed by atoms with Crippen LogP contribution in [-0.2, 0) is 0 Å². The fourth-order valence-electron chi connectivity index (χ4n) is 2.54. The van der Waals surface area contributed by atoms with Gasteiger partial charge < -0.3 is 0 Å². The summed E-state index contributed by atoms with van der Waals surface area (Å²) in [5.74, 6) is 0. The molecule has 0 saturated heterocycles. The van der Waals surface area contributed by atoms with Crippen molar-refractivity contribution in [1.82, 2.24) is 15.0 Å². The number of hydrogen-bond acceptors (Lipinski definition) is 3. The van der Waals surface area contributed by atoms with Crippen LogP contribution in [0.25, 0.3) is 22.2 Å². The van der Waals surface area contributed by atoms with Gasteiger partial charge in [-0.05, 0) is 23.8 Å². The van der Waals surface area contributed by atoms with Crippen LogP contribution in [0.4, 0.5) is 5.69 Å². The summed E-state index contributed by atoms with van der Waals surface area (Å²) in [7, 11) is 0. The molecule has 0 spiro atoms. The van der Waals surface area contributed by atoms with Crippen LogP contribution >= 0.6 is 0 Å². The average Bonchev–Trinajstić information content (AvgIpc) is 3.04. The fraction of sp³-hybridized carbons (Fsp3) is 0. The molecule has 1 heterocycles. The van der Waals surface area contributed by atoms with Crippen molar-refractivity contribution in [2.75, 3.05) is 0 Å². The van der Waals surface area contributed by atoms with Crippen molar-refractivity contribution in [3.63, 3.8) is 0 Å². The molecule has 0 aliphatic rings. The molecule has 4 heteroatoms. The van der Waals surface area contributed by atoms with Gasteiger partial charge in [0.25, 0.3) is 0 Å². The second-order valence-corrected chi connectivity index (χ2v) is 5.15. The van der Waals surface area contributed by atoms with E-state index in [4.69, 9.17) is 0 Å². The lowest BCUT2D eigenvalue weighted by molar-refractivity contribution is 0.876. The van der Waals surface area contributed by atoms with Gasteiger partial charge in [-0.15, -0.1) is 5.10 Å². The van der Waals surface area contributed by atoms with E-state index in [-0.39, 0.29) is 0 Å². The first-order valence-corrected chi connectivity index (χ1v) is 7.40. The summed E-state index contributed by atoms with van der Waals surface area (Å²) in [6.45, 7) is 0. The lowest BCUT2D eigenvalue weighted by atomic mass is 10.0. The second kappa shape index (κ2) is 5.85. The standard InChI is InChI=1S/C19H14N4/c1-2-8-15(9-3-1)16-10-4-5-11-17(16)20-14-23-19-13-7-6-12-18(19)21-22-23/h1-14H. The smallest absolute Gasteiger partial charge is 0.120 e. The van der Waals surface area contributed by atoms with E-state index in [0.717, 1.165) is 27.8 Å². The number of aliphatic imine (C=N–C) groups is 1. The minimum Gasteiger partial charge on any atom is -0.236 e. The van der Waals surface area contributed by atoms with Gasteiger partial charge in [0.2, 0.25) is 0 Å². The van der Waals surface area contributed by atoms with Gasteiger partial charge in [0.05, 0.1) is 11.2 Å². The first-order valence-electron chi connectivity index (χ1n) is 7.40. The quantitative estimate of drug-likeness (QED) is 0.418. The van der Waals surface area contributed by atoms with Crippen LogP contribution in [0.3, 0.4) is 0 Å². The molecule has 23 heavy (non-hydrogen) atoms. The molecule has 0 amide bonds. The molecule has 0 fully saturated rings. The molecular weight excluding hydrogens is 284 g/mol. The van der Waals surface area contributed by atoms with E-state index in [1.54, 1.807) is 11.0 Å². The van der Waals surface area contributed by atoms with Gasteiger partial charge in [0.1, 0.15) is 11.9 Å². The Hall–Kier alpha value is -3.27. The predicted octanol–water partition coefficient (Wildman–Crippen LogP) is 4.31. The van der Waals surface area contributed by atoms with Crippen LogP contribution in [0, 0.1) is 0 Å². The molecule has 0 atom stereocenters. The summed E-state index contributed by atoms with van der Waals surface area (Å²) < 4.78 is 1.69. The molecule has 0 saturated carbocycles. The highest BCUT2D eigenvalue weighted by atomic mass is 15.4. The third kappa shape index (κ3) is 2.62.